The van der Waals surface area contributed by atoms with Gasteiger partial charge in [-0.3, -0.25) is 44.7 Å². The van der Waals surface area contributed by atoms with Crippen LogP contribution in [0.25, 0.3) is 0 Å². The lowest BCUT2D eigenvalue weighted by Crippen LogP contribution is -2.25. The summed E-state index contributed by atoms with van der Waals surface area (Å²) in [5, 5.41) is 4.80. The molecule has 3 N–H and O–H groups in total. The van der Waals surface area contributed by atoms with Gasteiger partial charge in [0.2, 0.25) is 17.7 Å². The Hall–Kier alpha value is -4.61. The average molecular weight is 762 g/mol. The van der Waals surface area contributed by atoms with Gasteiger partial charge in [-0.1, -0.05) is 53.5 Å². The van der Waals surface area contributed by atoms with Crippen molar-refractivity contribution < 1.29 is 51.8 Å². The Morgan fingerprint density at radius 3 is 1.20 bits per heavy atom. The van der Waals surface area contributed by atoms with Gasteiger partial charge in [0.1, 0.15) is 28.9 Å². The number of thioether (sulfide) groups is 3. The van der Waals surface area contributed by atoms with E-state index in [0.717, 1.165) is 41.0 Å². The SMILES string of the molecule is O=C1NC(=O)C(CCCOc2ccc(F)cc2)S1.O=C1NC(=O)C(CCOc2ccc(F)cc2)S1.O=C1NC(=O)C(CCOc2ccccc2)S1. The molecule has 3 fully saturated rings. The maximum atomic E-state index is 12.6. The van der Waals surface area contributed by atoms with E-state index in [0.29, 0.717) is 57.0 Å². The number of imide groups is 3. The van der Waals surface area contributed by atoms with E-state index in [2.05, 4.69) is 16.0 Å². The van der Waals surface area contributed by atoms with Crippen LogP contribution >= 0.6 is 35.3 Å². The third kappa shape index (κ3) is 13.9. The van der Waals surface area contributed by atoms with Crippen molar-refractivity contribution in [1.82, 2.24) is 16.0 Å². The molecule has 3 unspecified atom stereocenters. The van der Waals surface area contributed by atoms with Crippen LogP contribution in [0, 0.1) is 11.6 Å². The molecule has 3 aromatic rings. The number of para-hydroxylation sites is 1. The number of nitrogens with one attached hydrogen (secondary N) is 3. The second-order valence-corrected chi connectivity index (χ2v) is 14.2. The lowest BCUT2D eigenvalue weighted by Gasteiger charge is -2.07. The summed E-state index contributed by atoms with van der Waals surface area (Å²) in [5.41, 5.74) is 0. The molecule has 51 heavy (non-hydrogen) atoms. The molecule has 0 saturated carbocycles. The number of amides is 6. The van der Waals surface area contributed by atoms with Crippen LogP contribution in [-0.4, -0.2) is 69.0 Å². The summed E-state index contributed by atoms with van der Waals surface area (Å²) in [6.45, 7) is 1.18. The number of ether oxygens (including phenoxy) is 3. The molecule has 0 radical (unpaired) electrons. The summed E-state index contributed by atoms with van der Waals surface area (Å²) in [5.74, 6) is 0.559. The maximum Gasteiger partial charge on any atom is 0.286 e. The summed E-state index contributed by atoms with van der Waals surface area (Å²) < 4.78 is 41.4. The Morgan fingerprint density at radius 1 is 0.471 bits per heavy atom. The van der Waals surface area contributed by atoms with Gasteiger partial charge in [-0.2, -0.15) is 0 Å². The molecular weight excluding hydrogens is 729 g/mol. The van der Waals surface area contributed by atoms with Crippen molar-refractivity contribution in [3.8, 4) is 17.2 Å². The van der Waals surface area contributed by atoms with Gasteiger partial charge in [-0.15, -0.1) is 0 Å². The molecule has 3 heterocycles. The molecule has 6 rings (SSSR count). The molecule has 0 spiro atoms. The molecule has 12 nitrogen and oxygen atoms in total. The smallest absolute Gasteiger partial charge is 0.286 e. The minimum absolute atomic E-state index is 0.216. The van der Waals surface area contributed by atoms with E-state index in [9.17, 15) is 37.5 Å². The zero-order valence-electron chi connectivity index (χ0n) is 26.8. The molecule has 3 atom stereocenters. The van der Waals surface area contributed by atoms with Crippen LogP contribution in [0.1, 0.15) is 25.7 Å². The van der Waals surface area contributed by atoms with Crippen molar-refractivity contribution in [2.24, 2.45) is 0 Å². The molecule has 3 saturated heterocycles. The topological polar surface area (TPSA) is 166 Å². The van der Waals surface area contributed by atoms with E-state index in [1.807, 2.05) is 30.3 Å². The van der Waals surface area contributed by atoms with E-state index in [-0.39, 0.29) is 60.8 Å². The van der Waals surface area contributed by atoms with Crippen molar-refractivity contribution in [2.75, 3.05) is 19.8 Å². The number of benzene rings is 3. The second kappa shape index (κ2) is 20.3. The first-order valence-electron chi connectivity index (χ1n) is 15.5. The molecule has 17 heteroatoms. The predicted molar refractivity (Wildman–Crippen MR) is 189 cm³/mol. The zero-order valence-corrected chi connectivity index (χ0v) is 29.3. The van der Waals surface area contributed by atoms with Gasteiger partial charge < -0.3 is 14.2 Å². The van der Waals surface area contributed by atoms with Crippen LogP contribution in [0.5, 0.6) is 17.2 Å². The van der Waals surface area contributed by atoms with E-state index in [1.54, 1.807) is 12.1 Å². The van der Waals surface area contributed by atoms with Crippen LogP contribution in [0.2, 0.25) is 0 Å². The quantitative estimate of drug-likeness (QED) is 0.172. The summed E-state index contributed by atoms with van der Waals surface area (Å²) in [4.78, 5) is 66.4. The molecule has 0 aromatic heterocycles. The normalized spacial score (nSPS) is 19.2. The molecule has 3 aromatic carbocycles. The number of halogens is 2. The monoisotopic (exact) mass is 761 g/mol. The molecule has 3 aliphatic heterocycles. The van der Waals surface area contributed by atoms with Gasteiger partial charge in [0.15, 0.2) is 0 Å². The third-order valence-corrected chi connectivity index (χ3v) is 10.00. The van der Waals surface area contributed by atoms with Gasteiger partial charge in [-0.05, 0) is 73.5 Å². The van der Waals surface area contributed by atoms with Gasteiger partial charge >= 0.3 is 0 Å². The van der Waals surface area contributed by atoms with Crippen molar-refractivity contribution in [3.05, 3.63) is 90.5 Å². The number of carbonyl (C=O) groups excluding carboxylic acids is 6. The highest BCUT2D eigenvalue weighted by Gasteiger charge is 2.32. The first-order valence-corrected chi connectivity index (χ1v) is 18.2. The molecular formula is C34H33F2N3O9S3. The van der Waals surface area contributed by atoms with Crippen molar-refractivity contribution in [2.45, 2.75) is 41.4 Å². The van der Waals surface area contributed by atoms with Crippen molar-refractivity contribution >= 4 is 68.7 Å². The highest BCUT2D eigenvalue weighted by Crippen LogP contribution is 2.25. The first-order chi connectivity index (χ1) is 24.5. The molecule has 270 valence electrons. The van der Waals surface area contributed by atoms with Crippen LogP contribution in [-0.2, 0) is 14.4 Å². The van der Waals surface area contributed by atoms with E-state index >= 15 is 0 Å². The average Bonchev–Trinajstić information content (AvgIpc) is 3.74. The van der Waals surface area contributed by atoms with Crippen LogP contribution in [0.15, 0.2) is 78.9 Å². The third-order valence-electron chi connectivity index (χ3n) is 6.85. The van der Waals surface area contributed by atoms with Crippen LogP contribution < -0.4 is 30.2 Å². The van der Waals surface area contributed by atoms with Gasteiger partial charge in [0.05, 0.1) is 35.6 Å². The van der Waals surface area contributed by atoms with E-state index < -0.39 is 0 Å². The second-order valence-electron chi connectivity index (χ2n) is 10.6. The van der Waals surface area contributed by atoms with Crippen LogP contribution in [0.4, 0.5) is 23.2 Å². The highest BCUT2D eigenvalue weighted by atomic mass is 32.2. The molecule has 3 aliphatic rings. The Bertz CT molecular complexity index is 1670. The minimum atomic E-state index is -0.386. The standard InChI is InChI=1S/C12H12FNO3S.C11H10FNO3S.C11H11NO3S/c13-8-3-5-9(6-4-8)17-7-1-2-10-11(15)14-12(16)18-10;12-7-1-3-8(4-2-7)16-6-5-9-10(14)13-11(15)17-9;13-10-9(16-11(14)12-10)6-7-15-8-4-2-1-3-5-8/h3-6,10H,1-2,7H2,(H,14,15,16);1-4,9H,5-6H2,(H,13,14,15);1-5,9H,6-7H2,(H,12,13,14). The van der Waals surface area contributed by atoms with Gasteiger partial charge in [0.25, 0.3) is 15.7 Å². The number of hydrogen-bond acceptors (Lipinski definition) is 12. The van der Waals surface area contributed by atoms with E-state index in [4.69, 9.17) is 14.2 Å². The van der Waals surface area contributed by atoms with Gasteiger partial charge in [-0.25, -0.2) is 8.78 Å². The fraction of sp³-hybridized carbons (Fsp3) is 0.294. The lowest BCUT2D eigenvalue weighted by atomic mass is 10.2. The molecule has 0 bridgehead atoms. The fourth-order valence-electron chi connectivity index (χ4n) is 4.35. The van der Waals surface area contributed by atoms with E-state index in [1.165, 1.54) is 36.4 Å². The van der Waals surface area contributed by atoms with Crippen molar-refractivity contribution in [3.63, 3.8) is 0 Å². The first kappa shape index (κ1) is 39.2. The molecule has 6 amide bonds. The highest BCUT2D eigenvalue weighted by molar-refractivity contribution is 8.15. The Labute approximate surface area is 304 Å². The van der Waals surface area contributed by atoms with Crippen LogP contribution in [0.3, 0.4) is 0 Å². The summed E-state index contributed by atoms with van der Waals surface area (Å²) in [7, 11) is 0. The largest absolute Gasteiger partial charge is 0.494 e. The number of rotatable bonds is 13. The van der Waals surface area contributed by atoms with Gasteiger partial charge in [0, 0.05) is 12.8 Å². The molecule has 0 aliphatic carbocycles. The maximum absolute atomic E-state index is 12.6. The minimum Gasteiger partial charge on any atom is -0.494 e. The fourth-order valence-corrected chi connectivity index (χ4v) is 6.82. The Morgan fingerprint density at radius 2 is 0.824 bits per heavy atom. The van der Waals surface area contributed by atoms with Crippen molar-refractivity contribution in [1.29, 1.82) is 0 Å². The predicted octanol–water partition coefficient (Wildman–Crippen LogP) is 6.09. The lowest BCUT2D eigenvalue weighted by molar-refractivity contribution is -0.120. The zero-order chi connectivity index (χ0) is 36.6. The summed E-state index contributed by atoms with van der Waals surface area (Å²) >= 11 is 3.02. The number of carbonyl (C=O) groups is 6. The Kier molecular flexibility index (Phi) is 15.6. The summed E-state index contributed by atoms with van der Waals surface area (Å²) in [6, 6.07) is 20.8. The Balaban J connectivity index is 0.000000172. The summed E-state index contributed by atoms with van der Waals surface area (Å²) in [6.07, 6.45) is 2.23. The number of hydrogen-bond donors (Lipinski definition) is 3.